The van der Waals surface area contributed by atoms with Gasteiger partial charge in [0.2, 0.25) is 0 Å². The molecule has 0 bridgehead atoms. The van der Waals surface area contributed by atoms with Crippen LogP contribution in [0, 0.1) is 0 Å². The van der Waals surface area contributed by atoms with Gasteiger partial charge in [-0.05, 0) is 55.9 Å². The van der Waals surface area contributed by atoms with Crippen molar-refractivity contribution in [2.75, 3.05) is 32.1 Å². The van der Waals surface area contributed by atoms with Crippen LogP contribution in [-0.4, -0.2) is 48.8 Å². The Kier molecular flexibility index (Phi) is 8.54. The number of ether oxygens (including phenoxy) is 1. The number of rotatable bonds is 9. The van der Waals surface area contributed by atoms with Crippen molar-refractivity contribution >= 4 is 11.4 Å². The van der Waals surface area contributed by atoms with Crippen LogP contribution < -0.4 is 5.32 Å². The van der Waals surface area contributed by atoms with E-state index in [-0.39, 0.29) is 17.5 Å². The highest BCUT2D eigenvalue weighted by Gasteiger charge is 2.36. The first-order valence-electron chi connectivity index (χ1n) is 11.5. The van der Waals surface area contributed by atoms with Crippen LogP contribution in [-0.2, 0) is 10.9 Å². The molecule has 0 aliphatic carbocycles. The standard InChI is InChI=1S/C26H34F3N3O/c1-18(2)32-13-10-21(11-14-32)31-25-16-23(24(17-30-25)26(27,28)29)19(3)22(12-15-33-4)20-8-6-5-7-9-20/h5-9,16-18,21-22H,3,10-15H2,1-2,4H3,(H,30,31). The van der Waals surface area contributed by atoms with E-state index < -0.39 is 11.7 Å². The topological polar surface area (TPSA) is 37.4 Å². The van der Waals surface area contributed by atoms with Crippen LogP contribution in [0.4, 0.5) is 19.0 Å². The predicted molar refractivity (Wildman–Crippen MR) is 127 cm³/mol. The molecule has 0 radical (unpaired) electrons. The van der Waals surface area contributed by atoms with Crippen molar-refractivity contribution in [2.24, 2.45) is 0 Å². The van der Waals surface area contributed by atoms with E-state index in [2.05, 4.69) is 35.6 Å². The SMILES string of the molecule is C=C(c1cc(NC2CCN(C(C)C)CC2)ncc1C(F)(F)F)C(CCOC)c1ccccc1. The molecular formula is C26H34F3N3O. The summed E-state index contributed by atoms with van der Waals surface area (Å²) in [7, 11) is 1.59. The third-order valence-electron chi connectivity index (χ3n) is 6.40. The summed E-state index contributed by atoms with van der Waals surface area (Å²) in [6.45, 7) is 10.8. The summed E-state index contributed by atoms with van der Waals surface area (Å²) < 4.78 is 46.9. The van der Waals surface area contributed by atoms with Gasteiger partial charge in [-0.25, -0.2) is 4.98 Å². The summed E-state index contributed by atoms with van der Waals surface area (Å²) in [4.78, 5) is 6.53. The van der Waals surface area contributed by atoms with Crippen LogP contribution in [0.1, 0.15) is 55.7 Å². The Morgan fingerprint density at radius 3 is 2.45 bits per heavy atom. The highest BCUT2D eigenvalue weighted by Crippen LogP contribution is 2.41. The third-order valence-corrected chi connectivity index (χ3v) is 6.40. The van der Waals surface area contributed by atoms with E-state index >= 15 is 0 Å². The molecule has 0 spiro atoms. The molecular weight excluding hydrogens is 427 g/mol. The number of hydrogen-bond acceptors (Lipinski definition) is 4. The van der Waals surface area contributed by atoms with Crippen molar-refractivity contribution in [1.82, 2.24) is 9.88 Å². The minimum atomic E-state index is -4.52. The number of alkyl halides is 3. The fraction of sp³-hybridized carbons (Fsp3) is 0.500. The molecule has 2 heterocycles. The first-order valence-corrected chi connectivity index (χ1v) is 11.5. The molecule has 1 aromatic carbocycles. The molecule has 33 heavy (non-hydrogen) atoms. The highest BCUT2D eigenvalue weighted by atomic mass is 19.4. The number of benzene rings is 1. The van der Waals surface area contributed by atoms with E-state index in [0.717, 1.165) is 37.7 Å². The second kappa shape index (κ2) is 11.2. The van der Waals surface area contributed by atoms with Crippen molar-refractivity contribution in [1.29, 1.82) is 0 Å². The molecule has 2 aromatic rings. The maximum Gasteiger partial charge on any atom is 0.418 e. The summed E-state index contributed by atoms with van der Waals surface area (Å²) in [5.74, 6) is 0.164. The summed E-state index contributed by atoms with van der Waals surface area (Å²) in [6, 6.07) is 11.7. The van der Waals surface area contributed by atoms with Gasteiger partial charge in [0, 0.05) is 51.0 Å². The third kappa shape index (κ3) is 6.58. The number of allylic oxidation sites excluding steroid dienone is 1. The van der Waals surface area contributed by atoms with Gasteiger partial charge in [0.05, 0.1) is 5.56 Å². The van der Waals surface area contributed by atoms with Gasteiger partial charge >= 0.3 is 6.18 Å². The molecule has 1 atom stereocenters. The van der Waals surface area contributed by atoms with Crippen LogP contribution in [0.5, 0.6) is 0 Å². The van der Waals surface area contributed by atoms with Gasteiger partial charge in [0.25, 0.3) is 0 Å². The highest BCUT2D eigenvalue weighted by molar-refractivity contribution is 5.74. The molecule has 7 heteroatoms. The van der Waals surface area contributed by atoms with Crippen molar-refractivity contribution < 1.29 is 17.9 Å². The molecule has 1 aromatic heterocycles. The first kappa shape index (κ1) is 25.2. The lowest BCUT2D eigenvalue weighted by molar-refractivity contribution is -0.138. The van der Waals surface area contributed by atoms with Gasteiger partial charge in [-0.1, -0.05) is 36.9 Å². The molecule has 1 unspecified atom stereocenters. The lowest BCUT2D eigenvalue weighted by atomic mass is 9.84. The predicted octanol–water partition coefficient (Wildman–Crippen LogP) is 6.22. The van der Waals surface area contributed by atoms with E-state index in [1.54, 1.807) is 7.11 Å². The van der Waals surface area contributed by atoms with Crippen LogP contribution in [0.25, 0.3) is 5.57 Å². The van der Waals surface area contributed by atoms with Gasteiger partial charge < -0.3 is 15.0 Å². The lowest BCUT2D eigenvalue weighted by Gasteiger charge is -2.35. The Labute approximate surface area is 194 Å². The van der Waals surface area contributed by atoms with E-state index in [1.165, 1.54) is 6.07 Å². The zero-order valence-corrected chi connectivity index (χ0v) is 19.7. The average Bonchev–Trinajstić information content (AvgIpc) is 2.79. The molecule has 1 fully saturated rings. The van der Waals surface area contributed by atoms with Gasteiger partial charge in [-0.3, -0.25) is 0 Å². The largest absolute Gasteiger partial charge is 0.418 e. The number of halogens is 3. The molecule has 1 aliphatic heterocycles. The molecule has 4 nitrogen and oxygen atoms in total. The van der Waals surface area contributed by atoms with Gasteiger partial charge in [0.15, 0.2) is 0 Å². The monoisotopic (exact) mass is 461 g/mol. The smallest absolute Gasteiger partial charge is 0.385 e. The zero-order valence-electron chi connectivity index (χ0n) is 19.7. The number of nitrogens with zero attached hydrogens (tertiary/aromatic N) is 2. The quantitative estimate of drug-likeness (QED) is 0.481. The Balaban J connectivity index is 1.89. The number of nitrogens with one attached hydrogen (secondary N) is 1. The van der Waals surface area contributed by atoms with E-state index in [4.69, 9.17) is 4.74 Å². The minimum Gasteiger partial charge on any atom is -0.385 e. The number of methoxy groups -OCH3 is 1. The van der Waals surface area contributed by atoms with Crippen molar-refractivity contribution in [2.45, 2.75) is 57.3 Å². The van der Waals surface area contributed by atoms with Crippen molar-refractivity contribution in [3.63, 3.8) is 0 Å². The van der Waals surface area contributed by atoms with Crippen LogP contribution in [0.2, 0.25) is 0 Å². The molecule has 0 amide bonds. The molecule has 1 aliphatic rings. The fourth-order valence-electron chi connectivity index (χ4n) is 4.45. The second-order valence-electron chi connectivity index (χ2n) is 8.93. The van der Waals surface area contributed by atoms with E-state index in [0.29, 0.717) is 30.5 Å². The zero-order chi connectivity index (χ0) is 24.0. The average molecular weight is 462 g/mol. The Hall–Kier alpha value is -2.38. The number of piperidine rings is 1. The summed E-state index contributed by atoms with van der Waals surface area (Å²) in [5.41, 5.74) is 0.668. The number of anilines is 1. The van der Waals surface area contributed by atoms with Crippen LogP contribution in [0.15, 0.2) is 49.2 Å². The summed E-state index contributed by atoms with van der Waals surface area (Å²) in [5, 5.41) is 3.37. The molecule has 3 rings (SSSR count). The first-order chi connectivity index (χ1) is 15.7. The molecule has 0 saturated carbocycles. The van der Waals surface area contributed by atoms with Gasteiger partial charge in [0.1, 0.15) is 5.82 Å². The molecule has 1 saturated heterocycles. The van der Waals surface area contributed by atoms with Crippen LogP contribution >= 0.6 is 0 Å². The normalized spacial score (nSPS) is 16.7. The fourth-order valence-corrected chi connectivity index (χ4v) is 4.45. The summed E-state index contributed by atoms with van der Waals surface area (Å²) in [6.07, 6.45) is -1.19. The van der Waals surface area contributed by atoms with Crippen LogP contribution in [0.3, 0.4) is 0 Å². The Morgan fingerprint density at radius 2 is 1.88 bits per heavy atom. The summed E-state index contributed by atoms with van der Waals surface area (Å²) >= 11 is 0. The Morgan fingerprint density at radius 1 is 1.21 bits per heavy atom. The maximum atomic E-state index is 13.9. The Bertz CT molecular complexity index is 907. The van der Waals surface area contributed by atoms with Gasteiger partial charge in [-0.15, -0.1) is 0 Å². The number of hydrogen-bond donors (Lipinski definition) is 1. The number of aromatic nitrogens is 1. The lowest BCUT2D eigenvalue weighted by Crippen LogP contribution is -2.42. The maximum absolute atomic E-state index is 13.9. The van der Waals surface area contributed by atoms with Crippen molar-refractivity contribution in [3.05, 3.63) is 65.9 Å². The van der Waals surface area contributed by atoms with Gasteiger partial charge in [-0.2, -0.15) is 13.2 Å². The molecule has 180 valence electrons. The van der Waals surface area contributed by atoms with Crippen molar-refractivity contribution in [3.8, 4) is 0 Å². The number of pyridine rings is 1. The molecule has 1 N–H and O–H groups in total. The number of likely N-dealkylation sites (tertiary alicyclic amines) is 1. The minimum absolute atomic E-state index is 0.0876. The second-order valence-corrected chi connectivity index (χ2v) is 8.93. The van der Waals surface area contributed by atoms with E-state index in [9.17, 15) is 13.2 Å². The van der Waals surface area contributed by atoms with E-state index in [1.807, 2.05) is 30.3 Å².